The average molecular weight is 486 g/mol. The number of furan rings is 2. The molecule has 0 bridgehead atoms. The Morgan fingerprint density at radius 1 is 0.806 bits per heavy atom. The quantitative estimate of drug-likeness (QED) is 0.252. The number of nitrogens with zero attached hydrogens (tertiary/aromatic N) is 3. The highest BCUT2D eigenvalue weighted by molar-refractivity contribution is 7.17. The topological polar surface area (TPSA) is 49.0 Å². The van der Waals surface area contributed by atoms with Crippen LogP contribution in [0, 0.1) is 0 Å². The van der Waals surface area contributed by atoms with Gasteiger partial charge in [-0.3, -0.25) is 4.57 Å². The summed E-state index contributed by atoms with van der Waals surface area (Å²) in [5.41, 5.74) is 6.45. The summed E-state index contributed by atoms with van der Waals surface area (Å²) >= 11 is 1.75. The van der Waals surface area contributed by atoms with E-state index in [0.29, 0.717) is 5.78 Å². The fourth-order valence-electron chi connectivity index (χ4n) is 5.24. The smallest absolute Gasteiger partial charge is 0.299 e. The number of para-hydroxylation sites is 1. The molecule has 0 atom stereocenters. The van der Waals surface area contributed by atoms with E-state index >= 15 is 0 Å². The molecule has 0 radical (unpaired) electrons. The van der Waals surface area contributed by atoms with Gasteiger partial charge in [-0.05, 0) is 23.8 Å². The molecule has 0 aliphatic heterocycles. The van der Waals surface area contributed by atoms with Crippen LogP contribution in [0.5, 0.6) is 0 Å². The van der Waals surface area contributed by atoms with E-state index in [-0.39, 0.29) is 0 Å². The zero-order chi connectivity index (χ0) is 23.8. The van der Waals surface area contributed by atoms with Crippen molar-refractivity contribution in [1.29, 1.82) is 0 Å². The summed E-state index contributed by atoms with van der Waals surface area (Å²) in [4.78, 5) is 4.60. The maximum atomic E-state index is 6.33. The summed E-state index contributed by atoms with van der Waals surface area (Å²) in [6, 6.07) is 25.4. The van der Waals surface area contributed by atoms with E-state index in [1.807, 2.05) is 36.1 Å². The van der Waals surface area contributed by atoms with Crippen molar-refractivity contribution in [1.82, 2.24) is 14.1 Å². The number of rotatable bonds is 3. The van der Waals surface area contributed by atoms with E-state index in [9.17, 15) is 0 Å². The van der Waals surface area contributed by atoms with Crippen molar-refractivity contribution >= 4 is 54.4 Å². The molecule has 5 aromatic heterocycles. The molecule has 0 saturated heterocycles. The first-order valence-electron chi connectivity index (χ1n) is 11.7. The zero-order valence-corrected chi connectivity index (χ0v) is 20.1. The molecule has 5 heterocycles. The predicted octanol–water partition coefficient (Wildman–Crippen LogP) is 8.41. The summed E-state index contributed by atoms with van der Waals surface area (Å²) in [6.07, 6.45) is 5.68. The van der Waals surface area contributed by atoms with Crippen LogP contribution < -0.4 is 0 Å². The van der Waals surface area contributed by atoms with E-state index < -0.39 is 0 Å². The Balaban J connectivity index is 1.42. The summed E-state index contributed by atoms with van der Waals surface area (Å²) in [5.74, 6) is 1.27. The lowest BCUT2D eigenvalue weighted by Crippen LogP contribution is -1.91. The van der Waals surface area contributed by atoms with Gasteiger partial charge in [-0.15, -0.1) is 11.3 Å². The third kappa shape index (κ3) is 2.73. The largest absolute Gasteiger partial charge is 0.433 e. The highest BCUT2D eigenvalue weighted by Gasteiger charge is 2.20. The summed E-state index contributed by atoms with van der Waals surface area (Å²) in [5, 5.41) is 6.75. The van der Waals surface area contributed by atoms with Crippen molar-refractivity contribution in [3.05, 3.63) is 97.0 Å². The van der Waals surface area contributed by atoms with Crippen LogP contribution in [0.1, 0.15) is 0 Å². The van der Waals surface area contributed by atoms with Crippen molar-refractivity contribution < 1.29 is 8.83 Å². The van der Waals surface area contributed by atoms with Crippen LogP contribution in [0.3, 0.4) is 0 Å². The van der Waals surface area contributed by atoms with Gasteiger partial charge in [-0.1, -0.05) is 48.5 Å². The van der Waals surface area contributed by atoms with Crippen molar-refractivity contribution in [2.75, 3.05) is 0 Å². The number of fused-ring (bicyclic) bond motifs is 5. The molecule has 0 aliphatic carbocycles. The molecule has 6 heteroatoms. The lowest BCUT2D eigenvalue weighted by Gasteiger charge is -2.04. The van der Waals surface area contributed by atoms with Gasteiger partial charge in [-0.25, -0.2) is 4.98 Å². The Kier molecular flexibility index (Phi) is 3.96. The maximum absolute atomic E-state index is 6.33. The first-order chi connectivity index (χ1) is 17.7. The number of hydrogen-bond acceptors (Lipinski definition) is 4. The van der Waals surface area contributed by atoms with Crippen molar-refractivity contribution in [3.63, 3.8) is 0 Å². The zero-order valence-electron chi connectivity index (χ0n) is 19.3. The Hall–Kier alpha value is -4.55. The number of hydrogen-bond donors (Lipinski definition) is 0. The third-order valence-corrected chi connectivity index (χ3v) is 7.86. The molecule has 0 saturated carbocycles. The van der Waals surface area contributed by atoms with Crippen LogP contribution in [-0.2, 0) is 7.05 Å². The number of aryl methyl sites for hydroxylation is 1. The highest BCUT2D eigenvalue weighted by Crippen LogP contribution is 2.42. The van der Waals surface area contributed by atoms with Gasteiger partial charge in [0, 0.05) is 56.7 Å². The van der Waals surface area contributed by atoms with Gasteiger partial charge < -0.3 is 13.4 Å². The first-order valence-corrected chi connectivity index (χ1v) is 12.6. The molecule has 0 amide bonds. The molecular weight excluding hydrogens is 466 g/mol. The Bertz CT molecular complexity index is 2070. The summed E-state index contributed by atoms with van der Waals surface area (Å²) in [6.45, 7) is 0. The van der Waals surface area contributed by atoms with Gasteiger partial charge in [0.2, 0.25) is 5.88 Å². The van der Waals surface area contributed by atoms with Gasteiger partial charge in [0.1, 0.15) is 6.26 Å². The van der Waals surface area contributed by atoms with E-state index in [2.05, 4.69) is 75.7 Å². The van der Waals surface area contributed by atoms with Gasteiger partial charge in [0.25, 0.3) is 5.78 Å². The van der Waals surface area contributed by atoms with Gasteiger partial charge in [-0.2, -0.15) is 0 Å². The molecule has 0 N–H and O–H groups in total. The number of benzene rings is 3. The normalized spacial score (nSPS) is 12.0. The fraction of sp³-hybridized carbons (Fsp3) is 0.0333. The van der Waals surface area contributed by atoms with Crippen molar-refractivity contribution in [3.8, 4) is 28.3 Å². The first kappa shape index (κ1) is 19.7. The van der Waals surface area contributed by atoms with Crippen LogP contribution in [0.15, 0.2) is 106 Å². The Labute approximate surface area is 209 Å². The van der Waals surface area contributed by atoms with E-state index in [1.165, 1.54) is 20.9 Å². The monoisotopic (exact) mass is 485 g/mol. The van der Waals surface area contributed by atoms with Crippen molar-refractivity contribution in [2.24, 2.45) is 7.05 Å². The highest BCUT2D eigenvalue weighted by atomic mass is 32.1. The molecular formula is C30H19N3O2S. The summed E-state index contributed by atoms with van der Waals surface area (Å²) in [7, 11) is 2.00. The number of thiophene rings is 1. The second kappa shape index (κ2) is 7.23. The third-order valence-electron chi connectivity index (χ3n) is 6.91. The minimum absolute atomic E-state index is 0.528. The van der Waals surface area contributed by atoms with Crippen molar-refractivity contribution in [2.45, 2.75) is 0 Å². The lowest BCUT2D eigenvalue weighted by molar-refractivity contribution is 0.470. The molecule has 36 heavy (non-hydrogen) atoms. The van der Waals surface area contributed by atoms with Gasteiger partial charge in [0.05, 0.1) is 28.4 Å². The van der Waals surface area contributed by atoms with Crippen LogP contribution in [-0.4, -0.2) is 14.1 Å². The second-order valence-electron chi connectivity index (χ2n) is 9.09. The molecule has 5 nitrogen and oxygen atoms in total. The lowest BCUT2D eigenvalue weighted by atomic mass is 10.1. The van der Waals surface area contributed by atoms with E-state index in [0.717, 1.165) is 44.7 Å². The fourth-order valence-corrected chi connectivity index (χ4v) is 6.22. The minimum Gasteiger partial charge on any atom is -0.433 e. The minimum atomic E-state index is 0.528. The molecule has 8 rings (SSSR count). The molecule has 0 spiro atoms. The molecule has 3 aromatic carbocycles. The van der Waals surface area contributed by atoms with E-state index in [1.54, 1.807) is 17.6 Å². The number of imidazole rings is 1. The predicted molar refractivity (Wildman–Crippen MR) is 146 cm³/mol. The van der Waals surface area contributed by atoms with Gasteiger partial charge >= 0.3 is 0 Å². The van der Waals surface area contributed by atoms with E-state index in [4.69, 9.17) is 8.83 Å². The van der Waals surface area contributed by atoms with Crippen LogP contribution >= 0.6 is 11.3 Å². The Morgan fingerprint density at radius 3 is 2.53 bits per heavy atom. The standard InChI is InChI=1S/C30H19N3O2S/c1-32-14-25(31-17-32)24-16-36-28-12-20-19-9-5-6-10-26(19)33(27(20)11-21(24)28)29-13-22-23(15-34-30(22)35-29)18-7-3-2-4-8-18/h2-17H,1H3. The molecule has 0 aliphatic rings. The van der Waals surface area contributed by atoms with Gasteiger partial charge in [0.15, 0.2) is 0 Å². The number of aromatic nitrogens is 3. The second-order valence-corrected chi connectivity index (χ2v) is 10.0. The SMILES string of the molecule is Cn1cnc(-c2csc3cc4c5ccccc5n(-c5cc6c(-c7ccccc7)coc6o5)c4cc23)c1. The molecule has 8 aromatic rings. The summed E-state index contributed by atoms with van der Waals surface area (Å²) < 4.78 is 17.6. The van der Waals surface area contributed by atoms with Crippen LogP contribution in [0.4, 0.5) is 0 Å². The molecule has 0 fully saturated rings. The molecule has 0 unspecified atom stereocenters. The maximum Gasteiger partial charge on any atom is 0.299 e. The average Bonchev–Trinajstić information content (AvgIpc) is 3.71. The van der Waals surface area contributed by atoms with Crippen LogP contribution in [0.2, 0.25) is 0 Å². The molecule has 172 valence electrons. The van der Waals surface area contributed by atoms with Crippen LogP contribution in [0.25, 0.3) is 71.3 Å². The Morgan fingerprint density at radius 2 is 1.67 bits per heavy atom.